The van der Waals surface area contributed by atoms with Gasteiger partial charge in [0.25, 0.3) is 0 Å². The van der Waals surface area contributed by atoms with E-state index in [0.717, 1.165) is 17.5 Å². The maximum atomic E-state index is 12.2. The van der Waals surface area contributed by atoms with Crippen LogP contribution in [-0.2, 0) is 11.2 Å². The van der Waals surface area contributed by atoms with E-state index in [1.54, 1.807) is 48.5 Å². The van der Waals surface area contributed by atoms with Gasteiger partial charge in [-0.2, -0.15) is 5.26 Å². The fraction of sp³-hybridized carbons (Fsp3) is 0.154. The van der Waals surface area contributed by atoms with Crippen molar-refractivity contribution in [2.75, 3.05) is 13.7 Å². The number of hydrogen-bond acceptors (Lipinski definition) is 5. The summed E-state index contributed by atoms with van der Waals surface area (Å²) in [6, 6.07) is 21.8. The van der Waals surface area contributed by atoms with Gasteiger partial charge in [0.15, 0.2) is 18.1 Å². The molecule has 0 heterocycles. The molecule has 0 aliphatic carbocycles. The minimum absolute atomic E-state index is 0.231. The van der Waals surface area contributed by atoms with Gasteiger partial charge in [-0.3, -0.25) is 0 Å². The molecule has 0 fully saturated rings. The summed E-state index contributed by atoms with van der Waals surface area (Å²) in [4.78, 5) is 12.2. The fourth-order valence-corrected chi connectivity index (χ4v) is 3.08. The van der Waals surface area contributed by atoms with Gasteiger partial charge < -0.3 is 14.2 Å². The molecule has 0 aliphatic rings. The molecule has 6 heteroatoms. The van der Waals surface area contributed by atoms with Crippen LogP contribution in [0.3, 0.4) is 0 Å². The molecule has 5 nitrogen and oxygen atoms in total. The summed E-state index contributed by atoms with van der Waals surface area (Å²) >= 11 is 5.92. The van der Waals surface area contributed by atoms with Crippen molar-refractivity contribution in [3.8, 4) is 23.3 Å². The summed E-state index contributed by atoms with van der Waals surface area (Å²) in [7, 11) is 1.48. The summed E-state index contributed by atoms with van der Waals surface area (Å²) in [5.74, 6) is 0.681. The van der Waals surface area contributed by atoms with Gasteiger partial charge in [0.2, 0.25) is 0 Å². The second-order valence-corrected chi connectivity index (χ2v) is 7.28. The van der Waals surface area contributed by atoms with E-state index in [1.165, 1.54) is 12.7 Å². The Bertz CT molecular complexity index is 1150. The van der Waals surface area contributed by atoms with E-state index in [-0.39, 0.29) is 12.4 Å². The van der Waals surface area contributed by atoms with Crippen molar-refractivity contribution in [3.05, 3.63) is 88.4 Å². The molecule has 32 heavy (non-hydrogen) atoms. The number of methoxy groups -OCH3 is 1. The number of nitriles is 1. The second-order valence-electron chi connectivity index (χ2n) is 6.85. The monoisotopic (exact) mass is 447 g/mol. The Morgan fingerprint density at radius 2 is 1.75 bits per heavy atom. The number of ether oxygens (including phenoxy) is 3. The first-order chi connectivity index (χ1) is 15.5. The lowest BCUT2D eigenvalue weighted by molar-refractivity contribution is -0.136. The van der Waals surface area contributed by atoms with Crippen LogP contribution < -0.4 is 14.2 Å². The van der Waals surface area contributed by atoms with Gasteiger partial charge in [-0.25, -0.2) is 4.79 Å². The summed E-state index contributed by atoms with van der Waals surface area (Å²) in [5, 5.41) is 10.1. The normalized spacial score (nSPS) is 10.9. The second kappa shape index (κ2) is 11.0. The molecule has 0 bridgehead atoms. The number of allylic oxidation sites excluding steroid dienone is 1. The smallest absolute Gasteiger partial charge is 0.349 e. The van der Waals surface area contributed by atoms with Crippen LogP contribution in [-0.4, -0.2) is 19.7 Å². The standard InChI is InChI=1S/C26H22ClNO4/c1-3-18-4-11-23(12-5-18)31-17-26(29)32-24-13-6-19(15-25(24)30-2)14-21(16-28)20-7-9-22(27)10-8-20/h4-15H,3,17H2,1-2H3/b21-14-. The Morgan fingerprint density at radius 3 is 2.38 bits per heavy atom. The lowest BCUT2D eigenvalue weighted by Gasteiger charge is -2.11. The first-order valence-corrected chi connectivity index (χ1v) is 10.4. The van der Waals surface area contributed by atoms with Gasteiger partial charge >= 0.3 is 5.97 Å². The zero-order valence-corrected chi connectivity index (χ0v) is 18.6. The average Bonchev–Trinajstić information content (AvgIpc) is 2.83. The van der Waals surface area contributed by atoms with Crippen LogP contribution in [0.2, 0.25) is 5.02 Å². The van der Waals surface area contributed by atoms with Gasteiger partial charge in [0, 0.05) is 5.02 Å². The first kappa shape index (κ1) is 22.9. The molecule has 3 aromatic rings. The number of benzene rings is 3. The van der Waals surface area contributed by atoms with E-state index in [4.69, 9.17) is 25.8 Å². The van der Waals surface area contributed by atoms with E-state index >= 15 is 0 Å². The quantitative estimate of drug-likeness (QED) is 0.184. The van der Waals surface area contributed by atoms with Crippen LogP contribution in [0.4, 0.5) is 0 Å². The van der Waals surface area contributed by atoms with Crippen LogP contribution in [0.5, 0.6) is 17.2 Å². The highest BCUT2D eigenvalue weighted by Crippen LogP contribution is 2.30. The van der Waals surface area contributed by atoms with Crippen LogP contribution in [0.1, 0.15) is 23.6 Å². The zero-order chi connectivity index (χ0) is 22.9. The maximum absolute atomic E-state index is 12.2. The highest BCUT2D eigenvalue weighted by atomic mass is 35.5. The van der Waals surface area contributed by atoms with Gasteiger partial charge in [-0.15, -0.1) is 0 Å². The van der Waals surface area contributed by atoms with Crippen LogP contribution in [0.25, 0.3) is 11.6 Å². The SMILES string of the molecule is CCc1ccc(OCC(=O)Oc2ccc(/C=C(/C#N)c3ccc(Cl)cc3)cc2OC)cc1. The Hall–Kier alpha value is -3.75. The number of aryl methyl sites for hydroxylation is 1. The Kier molecular flexibility index (Phi) is 7.91. The van der Waals surface area contributed by atoms with Gasteiger partial charge in [-0.1, -0.05) is 48.9 Å². The van der Waals surface area contributed by atoms with Crippen molar-refractivity contribution in [1.82, 2.24) is 0 Å². The Labute approximate surface area is 192 Å². The van der Waals surface area contributed by atoms with Crippen LogP contribution >= 0.6 is 11.6 Å². The third-order valence-corrected chi connectivity index (χ3v) is 4.94. The molecule has 162 valence electrons. The van der Waals surface area contributed by atoms with E-state index in [1.807, 2.05) is 24.3 Å². The van der Waals surface area contributed by atoms with E-state index < -0.39 is 5.97 Å². The number of hydrogen-bond donors (Lipinski definition) is 0. The number of nitrogens with zero attached hydrogens (tertiary/aromatic N) is 1. The van der Waals surface area contributed by atoms with E-state index in [0.29, 0.717) is 22.1 Å². The molecular formula is C26H22ClNO4. The van der Waals surface area contributed by atoms with Gasteiger partial charge in [0.1, 0.15) is 5.75 Å². The Balaban J connectivity index is 1.69. The lowest BCUT2D eigenvalue weighted by atomic mass is 10.0. The molecule has 0 aliphatic heterocycles. The van der Waals surface area contributed by atoms with Crippen molar-refractivity contribution >= 4 is 29.2 Å². The number of rotatable bonds is 8. The van der Waals surface area contributed by atoms with Crippen LogP contribution in [0.15, 0.2) is 66.7 Å². The lowest BCUT2D eigenvalue weighted by Crippen LogP contribution is -2.18. The van der Waals surface area contributed by atoms with Crippen molar-refractivity contribution in [3.63, 3.8) is 0 Å². The third kappa shape index (κ3) is 6.13. The van der Waals surface area contributed by atoms with Crippen molar-refractivity contribution in [2.45, 2.75) is 13.3 Å². The summed E-state index contributed by atoms with van der Waals surface area (Å²) in [5.41, 5.74) is 3.13. The van der Waals surface area contributed by atoms with Gasteiger partial charge in [0.05, 0.1) is 18.8 Å². The topological polar surface area (TPSA) is 68.5 Å². The van der Waals surface area contributed by atoms with Gasteiger partial charge in [-0.05, 0) is 65.6 Å². The Morgan fingerprint density at radius 1 is 1.03 bits per heavy atom. The summed E-state index contributed by atoms with van der Waals surface area (Å²) < 4.78 is 16.3. The summed E-state index contributed by atoms with van der Waals surface area (Å²) in [6.45, 7) is 1.84. The molecule has 0 radical (unpaired) electrons. The highest BCUT2D eigenvalue weighted by Gasteiger charge is 2.12. The molecule has 0 aromatic heterocycles. The molecule has 3 rings (SSSR count). The third-order valence-electron chi connectivity index (χ3n) is 4.69. The minimum Gasteiger partial charge on any atom is -0.493 e. The van der Waals surface area contributed by atoms with Crippen LogP contribution in [0, 0.1) is 11.3 Å². The zero-order valence-electron chi connectivity index (χ0n) is 17.8. The minimum atomic E-state index is -0.551. The number of carbonyl (C=O) groups excluding carboxylic acids is 1. The molecule has 0 spiro atoms. The maximum Gasteiger partial charge on any atom is 0.349 e. The predicted molar refractivity (Wildman–Crippen MR) is 125 cm³/mol. The van der Waals surface area contributed by atoms with Crippen molar-refractivity contribution in [2.24, 2.45) is 0 Å². The number of halogens is 1. The number of carbonyl (C=O) groups is 1. The average molecular weight is 448 g/mol. The summed E-state index contributed by atoms with van der Waals surface area (Å²) in [6.07, 6.45) is 2.66. The first-order valence-electron chi connectivity index (χ1n) is 10.0. The molecule has 0 N–H and O–H groups in total. The largest absolute Gasteiger partial charge is 0.493 e. The molecule has 0 amide bonds. The van der Waals surface area contributed by atoms with E-state index in [9.17, 15) is 10.1 Å². The molecule has 0 unspecified atom stereocenters. The molecule has 0 atom stereocenters. The molecular weight excluding hydrogens is 426 g/mol. The van der Waals surface area contributed by atoms with Crippen molar-refractivity contribution < 1.29 is 19.0 Å². The number of esters is 1. The highest BCUT2D eigenvalue weighted by molar-refractivity contribution is 6.30. The predicted octanol–water partition coefficient (Wildman–Crippen LogP) is 5.96. The van der Waals surface area contributed by atoms with E-state index in [2.05, 4.69) is 13.0 Å². The molecule has 0 saturated heterocycles. The molecule has 3 aromatic carbocycles. The fourth-order valence-electron chi connectivity index (χ4n) is 2.95. The molecule has 0 saturated carbocycles. The van der Waals surface area contributed by atoms with Crippen molar-refractivity contribution in [1.29, 1.82) is 5.26 Å².